The van der Waals surface area contributed by atoms with E-state index in [0.29, 0.717) is 0 Å². The van der Waals surface area contributed by atoms with Crippen LogP contribution < -0.4 is 5.43 Å². The van der Waals surface area contributed by atoms with Crippen molar-refractivity contribution in [3.8, 4) is 10.7 Å². The van der Waals surface area contributed by atoms with Crippen molar-refractivity contribution in [1.82, 2.24) is 20.6 Å². The van der Waals surface area contributed by atoms with Crippen LogP contribution in [0, 0.1) is 6.92 Å². The van der Waals surface area contributed by atoms with Crippen LogP contribution in [-0.2, 0) is 4.79 Å². The van der Waals surface area contributed by atoms with Crippen molar-refractivity contribution in [2.24, 2.45) is 5.10 Å². The molecule has 0 unspecified atom stereocenters. The summed E-state index contributed by atoms with van der Waals surface area (Å²) < 4.78 is 0.721. The van der Waals surface area contributed by atoms with Crippen LogP contribution >= 0.6 is 23.1 Å². The quantitative estimate of drug-likeness (QED) is 0.410. The molecule has 0 aliphatic rings. The van der Waals surface area contributed by atoms with Gasteiger partial charge in [-0.2, -0.15) is 5.10 Å². The smallest absolute Gasteiger partial charge is 0.250 e. The first-order valence-corrected chi connectivity index (χ1v) is 9.27. The Morgan fingerprint density at radius 3 is 3.00 bits per heavy atom. The number of amides is 1. The largest absolute Gasteiger partial charge is 0.272 e. The molecule has 2 aromatic heterocycles. The first-order valence-electron chi connectivity index (χ1n) is 7.47. The second-order valence-electron chi connectivity index (χ2n) is 5.08. The van der Waals surface area contributed by atoms with Gasteiger partial charge in [0.2, 0.25) is 0 Å². The average molecular weight is 369 g/mol. The van der Waals surface area contributed by atoms with E-state index in [-0.39, 0.29) is 11.7 Å². The fraction of sp³-hybridized carbons (Fsp3) is 0.118. The van der Waals surface area contributed by atoms with Crippen molar-refractivity contribution in [3.63, 3.8) is 0 Å². The summed E-state index contributed by atoms with van der Waals surface area (Å²) in [5.41, 5.74) is 5.38. The predicted molar refractivity (Wildman–Crippen MR) is 101 cm³/mol. The third-order valence-electron chi connectivity index (χ3n) is 3.06. The molecule has 25 heavy (non-hydrogen) atoms. The number of carbonyl (C=O) groups excluding carboxylic acids is 1. The van der Waals surface area contributed by atoms with Gasteiger partial charge in [-0.1, -0.05) is 59.0 Å². The van der Waals surface area contributed by atoms with Crippen molar-refractivity contribution in [2.45, 2.75) is 11.3 Å². The van der Waals surface area contributed by atoms with E-state index in [1.54, 1.807) is 12.4 Å². The summed E-state index contributed by atoms with van der Waals surface area (Å²) in [6.45, 7) is 2.01. The van der Waals surface area contributed by atoms with E-state index in [0.717, 1.165) is 26.2 Å². The number of pyridine rings is 1. The molecule has 8 heteroatoms. The van der Waals surface area contributed by atoms with Gasteiger partial charge in [0.05, 0.1) is 12.0 Å². The molecule has 0 bridgehead atoms. The summed E-state index contributed by atoms with van der Waals surface area (Å²) >= 11 is 2.73. The third kappa shape index (κ3) is 5.20. The zero-order valence-corrected chi connectivity index (χ0v) is 15.0. The van der Waals surface area contributed by atoms with E-state index in [4.69, 9.17) is 0 Å². The second kappa shape index (κ2) is 8.50. The number of thioether (sulfide) groups is 1. The fourth-order valence-electron chi connectivity index (χ4n) is 1.95. The standard InChI is InChI=1S/C17H15N5OS2/c1-12-5-4-6-13(9-12)10-19-20-15(23)11-24-17-22-21-16(25-17)14-7-2-3-8-18-14/h2-10H,11H2,1H3,(H,20,23)/b19-10-. The number of hydrogen-bond donors (Lipinski definition) is 1. The van der Waals surface area contributed by atoms with Gasteiger partial charge in [0.1, 0.15) is 5.69 Å². The molecule has 3 rings (SSSR count). The SMILES string of the molecule is Cc1cccc(/C=N\NC(=O)CSc2nnc(-c3ccccn3)s2)c1. The molecule has 1 amide bonds. The van der Waals surface area contributed by atoms with Gasteiger partial charge in [-0.15, -0.1) is 10.2 Å². The van der Waals surface area contributed by atoms with E-state index < -0.39 is 0 Å². The van der Waals surface area contributed by atoms with Crippen molar-refractivity contribution < 1.29 is 4.79 Å². The Kier molecular flexibility index (Phi) is 5.86. The Morgan fingerprint density at radius 1 is 1.28 bits per heavy atom. The van der Waals surface area contributed by atoms with Crippen LogP contribution in [-0.4, -0.2) is 33.1 Å². The van der Waals surface area contributed by atoms with Crippen molar-refractivity contribution in [2.75, 3.05) is 5.75 Å². The lowest BCUT2D eigenvalue weighted by molar-refractivity contribution is -0.118. The minimum Gasteiger partial charge on any atom is -0.272 e. The van der Waals surface area contributed by atoms with Crippen molar-refractivity contribution in [3.05, 3.63) is 59.8 Å². The summed E-state index contributed by atoms with van der Waals surface area (Å²) in [6, 6.07) is 13.5. The molecule has 1 aromatic carbocycles. The topological polar surface area (TPSA) is 80.1 Å². The molecule has 1 N–H and O–H groups in total. The molecule has 0 aliphatic heterocycles. The highest BCUT2D eigenvalue weighted by Gasteiger charge is 2.09. The number of rotatable bonds is 6. The van der Waals surface area contributed by atoms with Crippen LogP contribution in [0.25, 0.3) is 10.7 Å². The van der Waals surface area contributed by atoms with Crippen LogP contribution in [0.1, 0.15) is 11.1 Å². The maximum absolute atomic E-state index is 11.8. The number of aromatic nitrogens is 3. The number of nitrogens with one attached hydrogen (secondary N) is 1. The Morgan fingerprint density at radius 2 is 2.20 bits per heavy atom. The maximum Gasteiger partial charge on any atom is 0.250 e. The van der Waals surface area contributed by atoms with Gasteiger partial charge in [-0.25, -0.2) is 5.43 Å². The minimum atomic E-state index is -0.191. The molecule has 0 saturated carbocycles. The van der Waals surface area contributed by atoms with Crippen LogP contribution in [0.2, 0.25) is 0 Å². The summed E-state index contributed by atoms with van der Waals surface area (Å²) in [7, 11) is 0. The number of aryl methyl sites for hydroxylation is 1. The van der Waals surface area contributed by atoms with Gasteiger partial charge in [-0.3, -0.25) is 9.78 Å². The van der Waals surface area contributed by atoms with Crippen molar-refractivity contribution >= 4 is 35.2 Å². The maximum atomic E-state index is 11.8. The molecule has 0 aliphatic carbocycles. The number of hydrazone groups is 1. The highest BCUT2D eigenvalue weighted by molar-refractivity contribution is 8.01. The lowest BCUT2D eigenvalue weighted by atomic mass is 10.2. The van der Waals surface area contributed by atoms with E-state index in [1.807, 2.05) is 49.4 Å². The average Bonchev–Trinajstić information content (AvgIpc) is 3.10. The van der Waals surface area contributed by atoms with Gasteiger partial charge < -0.3 is 0 Å². The molecular formula is C17H15N5OS2. The number of carbonyl (C=O) groups is 1. The summed E-state index contributed by atoms with van der Waals surface area (Å²) in [5, 5.41) is 12.9. The highest BCUT2D eigenvalue weighted by atomic mass is 32.2. The second-order valence-corrected chi connectivity index (χ2v) is 7.28. The Balaban J connectivity index is 1.49. The molecule has 0 spiro atoms. The van der Waals surface area contributed by atoms with Crippen LogP contribution in [0.15, 0.2) is 58.1 Å². The zero-order valence-electron chi connectivity index (χ0n) is 13.4. The number of benzene rings is 1. The summed E-state index contributed by atoms with van der Waals surface area (Å²) in [5.74, 6) is 0.0330. The minimum absolute atomic E-state index is 0.191. The molecule has 6 nitrogen and oxygen atoms in total. The van der Waals surface area contributed by atoms with E-state index in [1.165, 1.54) is 23.1 Å². The molecule has 126 valence electrons. The summed E-state index contributed by atoms with van der Waals surface area (Å²) in [6.07, 6.45) is 3.34. The highest BCUT2D eigenvalue weighted by Crippen LogP contribution is 2.27. The number of nitrogens with zero attached hydrogens (tertiary/aromatic N) is 4. The van der Waals surface area contributed by atoms with Gasteiger partial charge >= 0.3 is 0 Å². The molecule has 3 aromatic rings. The van der Waals surface area contributed by atoms with Gasteiger partial charge in [0.25, 0.3) is 5.91 Å². The predicted octanol–water partition coefficient (Wildman–Crippen LogP) is 3.15. The molecular weight excluding hydrogens is 354 g/mol. The molecule has 2 heterocycles. The van der Waals surface area contributed by atoms with E-state index in [9.17, 15) is 4.79 Å². The first kappa shape index (κ1) is 17.2. The Hall–Kier alpha value is -2.58. The third-order valence-corrected chi connectivity index (χ3v) is 5.14. The summed E-state index contributed by atoms with van der Waals surface area (Å²) in [4.78, 5) is 16.1. The van der Waals surface area contributed by atoms with Crippen LogP contribution in [0.5, 0.6) is 0 Å². The van der Waals surface area contributed by atoms with Gasteiger partial charge in [-0.05, 0) is 24.6 Å². The molecule has 0 radical (unpaired) electrons. The molecule has 0 fully saturated rings. The van der Waals surface area contributed by atoms with Gasteiger partial charge in [0.15, 0.2) is 9.35 Å². The van der Waals surface area contributed by atoms with E-state index in [2.05, 4.69) is 25.7 Å². The lowest BCUT2D eigenvalue weighted by Crippen LogP contribution is -2.19. The van der Waals surface area contributed by atoms with Crippen LogP contribution in [0.3, 0.4) is 0 Å². The monoisotopic (exact) mass is 369 g/mol. The first-order chi connectivity index (χ1) is 12.2. The van der Waals surface area contributed by atoms with Gasteiger partial charge in [0, 0.05) is 6.20 Å². The molecule has 0 atom stereocenters. The van der Waals surface area contributed by atoms with E-state index >= 15 is 0 Å². The fourth-order valence-corrected chi connectivity index (χ4v) is 3.57. The number of hydrogen-bond acceptors (Lipinski definition) is 7. The zero-order chi connectivity index (χ0) is 17.5. The Labute approximate surface area is 153 Å². The van der Waals surface area contributed by atoms with Crippen molar-refractivity contribution in [1.29, 1.82) is 0 Å². The lowest BCUT2D eigenvalue weighted by Gasteiger charge is -1.98. The molecule has 0 saturated heterocycles. The van der Waals surface area contributed by atoms with Crippen LogP contribution in [0.4, 0.5) is 0 Å². The Bertz CT molecular complexity index is 880. The normalized spacial score (nSPS) is 10.9.